The van der Waals surface area contributed by atoms with Crippen LogP contribution in [0.2, 0.25) is 0 Å². The number of allylic oxidation sites excluding steroid dienone is 2. The Labute approximate surface area is 144 Å². The van der Waals surface area contributed by atoms with Crippen LogP contribution in [0.25, 0.3) is 11.5 Å². The molecule has 3 rings (SSSR count). The topological polar surface area (TPSA) is 75.4 Å². The monoisotopic (exact) mass is 343 g/mol. The molecule has 1 heterocycles. The number of carbonyl (C=O) groups is 2. The van der Waals surface area contributed by atoms with E-state index in [2.05, 4.69) is 10.3 Å². The molecule has 0 saturated heterocycles. The number of hydrogen-bond donors (Lipinski definition) is 1. The Bertz CT molecular complexity index is 884. The van der Waals surface area contributed by atoms with Crippen LogP contribution in [0.3, 0.4) is 0 Å². The first-order valence-electron chi connectivity index (χ1n) is 7.83. The summed E-state index contributed by atoms with van der Waals surface area (Å²) in [7, 11) is 3.82. The first-order chi connectivity index (χ1) is 11.9. The molecule has 0 amide bonds. The maximum absolute atomic E-state index is 13.7. The molecule has 0 atom stereocenters. The Morgan fingerprint density at radius 1 is 1.28 bits per heavy atom. The van der Waals surface area contributed by atoms with Crippen LogP contribution in [-0.2, 0) is 0 Å². The number of halogens is 1. The molecule has 0 fully saturated rings. The summed E-state index contributed by atoms with van der Waals surface area (Å²) in [6.45, 7) is 2.86. The number of aryl methyl sites for hydroxylation is 1. The number of aromatic nitrogens is 1. The van der Waals surface area contributed by atoms with Crippen LogP contribution in [0.4, 0.5) is 4.39 Å². The van der Waals surface area contributed by atoms with E-state index in [1.54, 1.807) is 19.1 Å². The Balaban J connectivity index is 1.88. The molecule has 1 aromatic carbocycles. The standard InChI is InChI=1S/C18H18FN3O3/c1-10-4-5-11(8-12(10)19)18-21-15-14(23)9-13(16(24)17(15)25-18)20-6-7-22(2)3/h4-5,8-9,20H,6-7H2,1-3H3. The van der Waals surface area contributed by atoms with Crippen molar-refractivity contribution in [2.45, 2.75) is 6.92 Å². The van der Waals surface area contributed by atoms with Gasteiger partial charge in [-0.15, -0.1) is 0 Å². The van der Waals surface area contributed by atoms with Gasteiger partial charge < -0.3 is 14.6 Å². The smallest absolute Gasteiger partial charge is 0.246 e. The van der Waals surface area contributed by atoms with Crippen molar-refractivity contribution in [2.24, 2.45) is 0 Å². The molecule has 1 aliphatic carbocycles. The van der Waals surface area contributed by atoms with Gasteiger partial charge in [0.2, 0.25) is 23.2 Å². The number of carbonyl (C=O) groups excluding carboxylic acids is 2. The second-order valence-corrected chi connectivity index (χ2v) is 6.14. The minimum atomic E-state index is -0.431. The van der Waals surface area contributed by atoms with Gasteiger partial charge in [0.25, 0.3) is 0 Å². The fourth-order valence-electron chi connectivity index (χ4n) is 2.42. The van der Waals surface area contributed by atoms with Crippen molar-refractivity contribution in [1.29, 1.82) is 0 Å². The number of rotatable bonds is 5. The van der Waals surface area contributed by atoms with Gasteiger partial charge in [0.1, 0.15) is 5.82 Å². The number of oxazole rings is 1. The zero-order chi connectivity index (χ0) is 18.1. The van der Waals surface area contributed by atoms with Gasteiger partial charge in [-0.1, -0.05) is 6.07 Å². The Kier molecular flexibility index (Phi) is 4.50. The van der Waals surface area contributed by atoms with Gasteiger partial charge in [0.05, 0.1) is 5.70 Å². The van der Waals surface area contributed by atoms with Crippen LogP contribution < -0.4 is 5.32 Å². The molecular formula is C18H18FN3O3. The van der Waals surface area contributed by atoms with E-state index in [0.717, 1.165) is 0 Å². The molecule has 0 aliphatic heterocycles. The maximum atomic E-state index is 13.7. The maximum Gasteiger partial charge on any atom is 0.246 e. The summed E-state index contributed by atoms with van der Waals surface area (Å²) in [5, 5.41) is 2.94. The van der Waals surface area contributed by atoms with Crippen molar-refractivity contribution in [3.05, 3.63) is 52.8 Å². The van der Waals surface area contributed by atoms with E-state index in [1.165, 1.54) is 12.1 Å². The van der Waals surface area contributed by atoms with E-state index in [4.69, 9.17) is 4.42 Å². The highest BCUT2D eigenvalue weighted by Gasteiger charge is 2.32. The summed E-state index contributed by atoms with van der Waals surface area (Å²) in [6.07, 6.45) is 1.22. The van der Waals surface area contributed by atoms with Crippen LogP contribution >= 0.6 is 0 Å². The SMILES string of the molecule is Cc1ccc(-c2nc3c(o2)C(=O)C(NCCN(C)C)=CC3=O)cc1F. The summed E-state index contributed by atoms with van der Waals surface area (Å²) in [5.41, 5.74) is 0.998. The second kappa shape index (κ2) is 6.60. The molecule has 1 aromatic heterocycles. The quantitative estimate of drug-likeness (QED) is 0.897. The van der Waals surface area contributed by atoms with E-state index < -0.39 is 17.4 Å². The molecule has 6 nitrogen and oxygen atoms in total. The summed E-state index contributed by atoms with van der Waals surface area (Å²) in [6, 6.07) is 4.49. The third kappa shape index (κ3) is 3.36. The second-order valence-electron chi connectivity index (χ2n) is 6.14. The summed E-state index contributed by atoms with van der Waals surface area (Å²) in [4.78, 5) is 30.8. The molecule has 1 N–H and O–H groups in total. The lowest BCUT2D eigenvalue weighted by molar-refractivity contribution is 0.0956. The third-order valence-corrected chi connectivity index (χ3v) is 3.88. The molecule has 0 unspecified atom stereocenters. The van der Waals surface area contributed by atoms with Gasteiger partial charge in [0.15, 0.2) is 5.69 Å². The average molecular weight is 343 g/mol. The molecule has 7 heteroatoms. The number of ketones is 2. The lowest BCUT2D eigenvalue weighted by Crippen LogP contribution is -2.31. The molecule has 0 bridgehead atoms. The highest BCUT2D eigenvalue weighted by molar-refractivity contribution is 6.22. The van der Waals surface area contributed by atoms with Crippen LogP contribution in [0.1, 0.15) is 26.6 Å². The lowest BCUT2D eigenvalue weighted by atomic mass is 10.0. The first-order valence-corrected chi connectivity index (χ1v) is 7.83. The highest BCUT2D eigenvalue weighted by Crippen LogP contribution is 2.27. The first kappa shape index (κ1) is 17.0. The molecule has 1 aliphatic rings. The fraction of sp³-hybridized carbons (Fsp3) is 0.278. The van der Waals surface area contributed by atoms with Gasteiger partial charge in [-0.05, 0) is 38.7 Å². The molecule has 0 saturated carbocycles. The predicted octanol–water partition coefficient (Wildman–Crippen LogP) is 2.20. The average Bonchev–Trinajstić information content (AvgIpc) is 3.00. The van der Waals surface area contributed by atoms with Gasteiger partial charge in [-0.25, -0.2) is 9.37 Å². The predicted molar refractivity (Wildman–Crippen MR) is 89.9 cm³/mol. The zero-order valence-electron chi connectivity index (χ0n) is 14.2. The molecule has 0 radical (unpaired) electrons. The number of benzene rings is 1. The summed E-state index contributed by atoms with van der Waals surface area (Å²) in [5.74, 6) is -1.32. The van der Waals surface area contributed by atoms with Crippen molar-refractivity contribution < 1.29 is 18.4 Å². The molecule has 25 heavy (non-hydrogen) atoms. The van der Waals surface area contributed by atoms with Gasteiger partial charge >= 0.3 is 0 Å². The van der Waals surface area contributed by atoms with Crippen molar-refractivity contribution in [1.82, 2.24) is 15.2 Å². The van der Waals surface area contributed by atoms with E-state index >= 15 is 0 Å². The van der Waals surface area contributed by atoms with E-state index in [-0.39, 0.29) is 23.0 Å². The number of likely N-dealkylation sites (N-methyl/N-ethyl adjacent to an activating group) is 1. The number of fused-ring (bicyclic) bond motifs is 1. The summed E-state index contributed by atoms with van der Waals surface area (Å²) >= 11 is 0. The van der Waals surface area contributed by atoms with Gasteiger partial charge in [-0.2, -0.15) is 0 Å². The Morgan fingerprint density at radius 2 is 2.04 bits per heavy atom. The van der Waals surface area contributed by atoms with Gasteiger partial charge in [-0.3, -0.25) is 9.59 Å². The van der Waals surface area contributed by atoms with Crippen LogP contribution in [-0.4, -0.2) is 48.6 Å². The minimum Gasteiger partial charge on any atom is -0.432 e. The minimum absolute atomic E-state index is 0.0425. The highest BCUT2D eigenvalue weighted by atomic mass is 19.1. The molecule has 130 valence electrons. The van der Waals surface area contributed by atoms with Crippen molar-refractivity contribution in [3.8, 4) is 11.5 Å². The van der Waals surface area contributed by atoms with Gasteiger partial charge in [0, 0.05) is 24.7 Å². The van der Waals surface area contributed by atoms with Crippen LogP contribution in [0.15, 0.2) is 34.4 Å². The molecular weight excluding hydrogens is 325 g/mol. The normalized spacial score (nSPS) is 13.9. The van der Waals surface area contributed by atoms with Crippen LogP contribution in [0, 0.1) is 12.7 Å². The van der Waals surface area contributed by atoms with E-state index in [9.17, 15) is 14.0 Å². The number of hydrogen-bond acceptors (Lipinski definition) is 6. The van der Waals surface area contributed by atoms with Crippen molar-refractivity contribution in [3.63, 3.8) is 0 Å². The molecule has 0 spiro atoms. The number of nitrogens with zero attached hydrogens (tertiary/aromatic N) is 2. The number of nitrogens with one attached hydrogen (secondary N) is 1. The van der Waals surface area contributed by atoms with E-state index in [1.807, 2.05) is 19.0 Å². The van der Waals surface area contributed by atoms with Crippen molar-refractivity contribution in [2.75, 3.05) is 27.2 Å². The Hall–Kier alpha value is -2.80. The summed E-state index contributed by atoms with van der Waals surface area (Å²) < 4.78 is 19.2. The van der Waals surface area contributed by atoms with Crippen molar-refractivity contribution >= 4 is 11.6 Å². The third-order valence-electron chi connectivity index (χ3n) is 3.88. The fourth-order valence-corrected chi connectivity index (χ4v) is 2.42. The Morgan fingerprint density at radius 3 is 2.72 bits per heavy atom. The lowest BCUT2D eigenvalue weighted by Gasteiger charge is -2.14. The largest absolute Gasteiger partial charge is 0.432 e. The number of Topliss-reactive ketones (excluding diaryl/α,β-unsaturated/α-hetero) is 1. The van der Waals surface area contributed by atoms with Crippen LogP contribution in [0.5, 0.6) is 0 Å². The van der Waals surface area contributed by atoms with E-state index in [0.29, 0.717) is 24.2 Å². The zero-order valence-corrected chi connectivity index (χ0v) is 14.2. The molecule has 2 aromatic rings.